The van der Waals surface area contributed by atoms with Gasteiger partial charge in [-0.05, 0) is 57.2 Å². The Bertz CT molecular complexity index is 380. The molecule has 1 aromatic rings. The van der Waals surface area contributed by atoms with E-state index in [1.54, 1.807) is 5.56 Å². The summed E-state index contributed by atoms with van der Waals surface area (Å²) in [6.07, 6.45) is 6.67. The molecule has 0 aromatic carbocycles. The van der Waals surface area contributed by atoms with E-state index >= 15 is 0 Å². The van der Waals surface area contributed by atoms with Crippen LogP contribution in [0.15, 0.2) is 6.07 Å². The third-order valence-corrected chi connectivity index (χ3v) is 4.73. The molecule has 1 aliphatic rings. The van der Waals surface area contributed by atoms with Gasteiger partial charge in [-0.15, -0.1) is 11.3 Å². The lowest BCUT2D eigenvalue weighted by molar-refractivity contribution is 0.592. The number of hydrogen-bond donors (Lipinski definition) is 2. The first-order valence-corrected chi connectivity index (χ1v) is 8.51. The Morgan fingerprint density at radius 2 is 2.11 bits per heavy atom. The highest BCUT2D eigenvalue weighted by Crippen LogP contribution is 2.23. The van der Waals surface area contributed by atoms with Crippen molar-refractivity contribution in [2.75, 3.05) is 6.54 Å². The highest BCUT2D eigenvalue weighted by Gasteiger charge is 2.19. The van der Waals surface area contributed by atoms with Crippen LogP contribution in [-0.2, 0) is 13.0 Å². The quantitative estimate of drug-likeness (QED) is 0.675. The van der Waals surface area contributed by atoms with Gasteiger partial charge in [0, 0.05) is 28.4 Å². The summed E-state index contributed by atoms with van der Waals surface area (Å²) in [4.78, 5) is 2.99. The molecule has 0 atom stereocenters. The van der Waals surface area contributed by atoms with E-state index in [-0.39, 0.29) is 0 Å². The highest BCUT2D eigenvalue weighted by molar-refractivity contribution is 7.12. The van der Waals surface area contributed by atoms with Gasteiger partial charge in [0.1, 0.15) is 0 Å². The van der Waals surface area contributed by atoms with E-state index in [4.69, 9.17) is 0 Å². The van der Waals surface area contributed by atoms with E-state index in [1.807, 2.05) is 11.3 Å². The topological polar surface area (TPSA) is 24.1 Å². The number of thiophene rings is 1. The summed E-state index contributed by atoms with van der Waals surface area (Å²) in [5, 5.41) is 7.09. The predicted molar refractivity (Wildman–Crippen MR) is 85.0 cm³/mol. The Kier molecular flexibility index (Phi) is 5.86. The molecule has 0 radical (unpaired) electrons. The SMILES string of the molecule is Cc1sc(CNC(C)C)cc1CCCCNC1CC1. The molecule has 0 spiro atoms. The smallest absolute Gasteiger partial charge is 0.0302 e. The molecule has 2 N–H and O–H groups in total. The third kappa shape index (κ3) is 5.64. The van der Waals surface area contributed by atoms with Crippen molar-refractivity contribution in [1.82, 2.24) is 10.6 Å². The van der Waals surface area contributed by atoms with Crippen LogP contribution in [0.1, 0.15) is 54.8 Å². The van der Waals surface area contributed by atoms with Crippen LogP contribution in [0.4, 0.5) is 0 Å². The third-order valence-electron chi connectivity index (χ3n) is 3.64. The van der Waals surface area contributed by atoms with Crippen LogP contribution in [0.5, 0.6) is 0 Å². The highest BCUT2D eigenvalue weighted by atomic mass is 32.1. The van der Waals surface area contributed by atoms with Crippen molar-refractivity contribution in [3.8, 4) is 0 Å². The van der Waals surface area contributed by atoms with Gasteiger partial charge in [-0.1, -0.05) is 13.8 Å². The van der Waals surface area contributed by atoms with Crippen molar-refractivity contribution >= 4 is 11.3 Å². The van der Waals surface area contributed by atoms with Crippen LogP contribution < -0.4 is 10.6 Å². The van der Waals surface area contributed by atoms with Crippen LogP contribution in [0.25, 0.3) is 0 Å². The first-order chi connectivity index (χ1) is 9.15. The van der Waals surface area contributed by atoms with Gasteiger partial charge in [-0.2, -0.15) is 0 Å². The molecule has 1 aliphatic carbocycles. The van der Waals surface area contributed by atoms with Gasteiger partial charge in [0.15, 0.2) is 0 Å². The van der Waals surface area contributed by atoms with E-state index in [1.165, 1.54) is 48.4 Å². The van der Waals surface area contributed by atoms with Crippen molar-refractivity contribution in [1.29, 1.82) is 0 Å². The minimum absolute atomic E-state index is 0.569. The molecule has 19 heavy (non-hydrogen) atoms. The molecule has 108 valence electrons. The molecule has 2 rings (SSSR count). The van der Waals surface area contributed by atoms with Gasteiger partial charge in [-0.25, -0.2) is 0 Å². The zero-order valence-electron chi connectivity index (χ0n) is 12.6. The molecule has 1 saturated carbocycles. The maximum absolute atomic E-state index is 3.59. The van der Waals surface area contributed by atoms with Gasteiger partial charge in [-0.3, -0.25) is 0 Å². The Labute approximate surface area is 122 Å². The summed E-state index contributed by atoms with van der Waals surface area (Å²) in [6.45, 7) is 8.89. The summed E-state index contributed by atoms with van der Waals surface area (Å²) >= 11 is 1.96. The second kappa shape index (κ2) is 7.41. The molecule has 2 nitrogen and oxygen atoms in total. The van der Waals surface area contributed by atoms with Gasteiger partial charge in [0.2, 0.25) is 0 Å². The second-order valence-corrected chi connectivity index (χ2v) is 7.36. The van der Waals surface area contributed by atoms with Crippen molar-refractivity contribution in [3.63, 3.8) is 0 Å². The fourth-order valence-electron chi connectivity index (χ4n) is 2.26. The molecule has 1 heterocycles. The fraction of sp³-hybridized carbons (Fsp3) is 0.750. The second-order valence-electron chi connectivity index (χ2n) is 6.02. The Hall–Kier alpha value is -0.380. The number of hydrogen-bond acceptors (Lipinski definition) is 3. The van der Waals surface area contributed by atoms with Gasteiger partial charge in [0.25, 0.3) is 0 Å². The van der Waals surface area contributed by atoms with Crippen LogP contribution in [0, 0.1) is 6.92 Å². The molecule has 1 aromatic heterocycles. The van der Waals surface area contributed by atoms with Crippen molar-refractivity contribution in [2.24, 2.45) is 0 Å². The maximum Gasteiger partial charge on any atom is 0.0302 e. The molecule has 0 unspecified atom stereocenters. The van der Waals surface area contributed by atoms with E-state index in [0.29, 0.717) is 6.04 Å². The van der Waals surface area contributed by atoms with Crippen LogP contribution in [0.3, 0.4) is 0 Å². The average molecular weight is 280 g/mol. The van der Waals surface area contributed by atoms with E-state index in [2.05, 4.69) is 37.5 Å². The standard InChI is InChI=1S/C16H28N2S/c1-12(2)18-11-16-10-14(13(3)19-16)6-4-5-9-17-15-7-8-15/h10,12,15,17-18H,4-9,11H2,1-3H3. The summed E-state index contributed by atoms with van der Waals surface area (Å²) in [6, 6.07) is 3.83. The lowest BCUT2D eigenvalue weighted by Crippen LogP contribution is -2.21. The minimum atomic E-state index is 0.569. The molecular weight excluding hydrogens is 252 g/mol. The molecule has 1 fully saturated rings. The largest absolute Gasteiger partial charge is 0.314 e. The monoisotopic (exact) mass is 280 g/mol. The van der Waals surface area contributed by atoms with Crippen molar-refractivity contribution in [2.45, 2.75) is 71.5 Å². The Morgan fingerprint density at radius 1 is 1.32 bits per heavy atom. The fourth-order valence-corrected chi connectivity index (χ4v) is 3.30. The van der Waals surface area contributed by atoms with Crippen molar-refractivity contribution in [3.05, 3.63) is 21.4 Å². The predicted octanol–water partition coefficient (Wildman–Crippen LogP) is 3.63. The average Bonchev–Trinajstić information content (AvgIpc) is 3.11. The zero-order valence-corrected chi connectivity index (χ0v) is 13.4. The Balaban J connectivity index is 1.66. The molecule has 0 amide bonds. The summed E-state index contributed by atoms with van der Waals surface area (Å²) in [7, 11) is 0. The van der Waals surface area contributed by atoms with Crippen LogP contribution >= 0.6 is 11.3 Å². The van der Waals surface area contributed by atoms with Crippen LogP contribution in [0.2, 0.25) is 0 Å². The minimum Gasteiger partial charge on any atom is -0.314 e. The lowest BCUT2D eigenvalue weighted by atomic mass is 10.1. The number of rotatable bonds is 9. The number of unbranched alkanes of at least 4 members (excludes halogenated alkanes) is 1. The van der Waals surface area contributed by atoms with Gasteiger partial charge >= 0.3 is 0 Å². The molecule has 0 aliphatic heterocycles. The summed E-state index contributed by atoms with van der Waals surface area (Å²) in [5.41, 5.74) is 1.57. The molecule has 0 bridgehead atoms. The summed E-state index contributed by atoms with van der Waals surface area (Å²) < 4.78 is 0. The van der Waals surface area contributed by atoms with Gasteiger partial charge < -0.3 is 10.6 Å². The summed E-state index contributed by atoms with van der Waals surface area (Å²) in [5.74, 6) is 0. The zero-order chi connectivity index (χ0) is 13.7. The molecule has 3 heteroatoms. The van der Waals surface area contributed by atoms with Crippen LogP contribution in [-0.4, -0.2) is 18.6 Å². The first kappa shape index (κ1) is 15.0. The first-order valence-electron chi connectivity index (χ1n) is 7.70. The Morgan fingerprint density at radius 3 is 2.79 bits per heavy atom. The van der Waals surface area contributed by atoms with Gasteiger partial charge in [0.05, 0.1) is 0 Å². The maximum atomic E-state index is 3.59. The normalized spacial score (nSPS) is 15.4. The number of aryl methyl sites for hydroxylation is 2. The van der Waals surface area contributed by atoms with E-state index in [9.17, 15) is 0 Å². The molecule has 0 saturated heterocycles. The molecular formula is C16H28N2S. The van der Waals surface area contributed by atoms with E-state index in [0.717, 1.165) is 12.6 Å². The number of nitrogens with one attached hydrogen (secondary N) is 2. The lowest BCUT2D eigenvalue weighted by Gasteiger charge is -2.05. The van der Waals surface area contributed by atoms with E-state index < -0.39 is 0 Å². The van der Waals surface area contributed by atoms with Crippen molar-refractivity contribution < 1.29 is 0 Å².